The van der Waals surface area contributed by atoms with Crippen LogP contribution in [0, 0.1) is 0 Å². The zero-order valence-corrected chi connectivity index (χ0v) is 44.3. The number of carbonyl (C=O) groups is 1. The highest BCUT2D eigenvalue weighted by molar-refractivity contribution is 5.80. The van der Waals surface area contributed by atoms with Crippen molar-refractivity contribution >= 4 is 5.91 Å². The van der Waals surface area contributed by atoms with Gasteiger partial charge in [-0.15, -0.1) is 0 Å². The van der Waals surface area contributed by atoms with Gasteiger partial charge < -0.3 is 50.5 Å². The Morgan fingerprint density at radius 3 is 1.33 bits per heavy atom. The summed E-state index contributed by atoms with van der Waals surface area (Å²) in [7, 11) is 0. The molecule has 11 nitrogen and oxygen atoms in total. The molecule has 1 rings (SSSR count). The van der Waals surface area contributed by atoms with Crippen molar-refractivity contribution in [2.45, 2.75) is 313 Å². The molecule has 0 saturated carbocycles. The quantitative estimate of drug-likeness (QED) is 0.0215. The van der Waals surface area contributed by atoms with Crippen LogP contribution in [0.4, 0.5) is 0 Å². The molecule has 0 aromatic heterocycles. The van der Waals surface area contributed by atoms with Gasteiger partial charge in [0, 0.05) is 0 Å². The van der Waals surface area contributed by atoms with Crippen molar-refractivity contribution in [1.82, 2.24) is 5.32 Å². The highest BCUT2D eigenvalue weighted by Crippen LogP contribution is 2.23. The van der Waals surface area contributed by atoms with Gasteiger partial charge in [0.1, 0.15) is 36.6 Å². The SMILES string of the molecule is CCCCCCCCCCC/C=C\C/C=C\CCCCCCCCC(O)C(=O)NC(COC1OC(CO)C(O)C(O)C1O)C(O)C(O)CCC/C=C/CCCCCCCCCCCCCCCCC. The highest BCUT2D eigenvalue weighted by Gasteiger charge is 2.44. The van der Waals surface area contributed by atoms with Crippen LogP contribution in [0.1, 0.15) is 258 Å². The fraction of sp³-hybridized carbons (Fsp3) is 0.879. The van der Waals surface area contributed by atoms with Gasteiger partial charge in [0.15, 0.2) is 6.29 Å². The number of aliphatic hydroxyl groups excluding tert-OH is 7. The molecule has 1 aliphatic rings. The minimum atomic E-state index is -1.67. The van der Waals surface area contributed by atoms with E-state index in [0.717, 1.165) is 64.2 Å². The average Bonchev–Trinajstić information content (AvgIpc) is 3.35. The molecule has 0 radical (unpaired) electrons. The van der Waals surface area contributed by atoms with Gasteiger partial charge >= 0.3 is 0 Å². The molecule has 1 aliphatic heterocycles. The van der Waals surface area contributed by atoms with Crippen molar-refractivity contribution in [3.05, 3.63) is 36.5 Å². The summed E-state index contributed by atoms with van der Waals surface area (Å²) in [6.45, 7) is 3.46. The number of nitrogens with one attached hydrogen (secondary N) is 1. The lowest BCUT2D eigenvalue weighted by Crippen LogP contribution is -2.60. The standard InChI is InChI=1S/C58H109NO10/c1-3-5-7-9-11-13-15-17-19-21-23-25-26-28-30-32-34-36-38-40-42-44-46-51(62)57(67)59-49(48-68-58-56(66)55(65)54(64)52(47-60)69-58)53(63)50(61)45-43-41-39-37-35-33-31-29-27-24-22-20-18-16-14-12-10-8-6-4-2/h23,25,28,30,37,39,49-56,58,60-66H,3-22,24,26-27,29,31-36,38,40-48H2,1-2H3,(H,59,67)/b25-23-,30-28-,39-37+. The van der Waals surface area contributed by atoms with E-state index in [1.807, 2.05) is 0 Å². The lowest BCUT2D eigenvalue weighted by atomic mass is 9.98. The first-order valence-electron chi connectivity index (χ1n) is 28.9. The van der Waals surface area contributed by atoms with Crippen molar-refractivity contribution in [3.63, 3.8) is 0 Å². The van der Waals surface area contributed by atoms with Gasteiger partial charge in [0.2, 0.25) is 5.91 Å². The van der Waals surface area contributed by atoms with Crippen LogP contribution in [-0.2, 0) is 14.3 Å². The van der Waals surface area contributed by atoms with Gasteiger partial charge in [-0.05, 0) is 70.6 Å². The summed E-state index contributed by atoms with van der Waals surface area (Å²) in [6.07, 6.45) is 46.2. The zero-order valence-electron chi connectivity index (χ0n) is 44.3. The van der Waals surface area contributed by atoms with Crippen LogP contribution in [0.5, 0.6) is 0 Å². The van der Waals surface area contributed by atoms with Crippen LogP contribution in [0.15, 0.2) is 36.5 Å². The molecule has 69 heavy (non-hydrogen) atoms. The molecule has 9 atom stereocenters. The second kappa shape index (κ2) is 47.3. The largest absolute Gasteiger partial charge is 0.394 e. The summed E-state index contributed by atoms with van der Waals surface area (Å²) in [5.41, 5.74) is 0. The molecule has 0 aromatic rings. The number of ether oxygens (including phenoxy) is 2. The van der Waals surface area contributed by atoms with E-state index in [1.165, 1.54) is 154 Å². The maximum Gasteiger partial charge on any atom is 0.249 e. The summed E-state index contributed by atoms with van der Waals surface area (Å²) < 4.78 is 11.1. The van der Waals surface area contributed by atoms with Crippen molar-refractivity contribution in [3.8, 4) is 0 Å². The predicted molar refractivity (Wildman–Crippen MR) is 284 cm³/mol. The predicted octanol–water partition coefficient (Wildman–Crippen LogP) is 11.9. The molecule has 1 amide bonds. The number of carbonyl (C=O) groups excluding carboxylic acids is 1. The number of rotatable bonds is 49. The Kier molecular flexibility index (Phi) is 44.8. The Bertz CT molecular complexity index is 1210. The molecule has 0 aliphatic carbocycles. The molecule has 1 fully saturated rings. The molecule has 0 spiro atoms. The van der Waals surface area contributed by atoms with Crippen molar-refractivity contribution in [1.29, 1.82) is 0 Å². The van der Waals surface area contributed by atoms with Crippen LogP contribution < -0.4 is 5.32 Å². The van der Waals surface area contributed by atoms with Gasteiger partial charge in [0.25, 0.3) is 0 Å². The maximum absolute atomic E-state index is 13.2. The molecular weight excluding hydrogens is 871 g/mol. The van der Waals surface area contributed by atoms with Crippen LogP contribution in [0.3, 0.4) is 0 Å². The van der Waals surface area contributed by atoms with Gasteiger partial charge in [-0.3, -0.25) is 4.79 Å². The Morgan fingerprint density at radius 2 is 0.899 bits per heavy atom. The number of hydrogen-bond acceptors (Lipinski definition) is 10. The van der Waals surface area contributed by atoms with Crippen molar-refractivity contribution in [2.24, 2.45) is 0 Å². The van der Waals surface area contributed by atoms with Gasteiger partial charge in [0.05, 0.1) is 25.4 Å². The zero-order chi connectivity index (χ0) is 50.4. The minimum absolute atomic E-state index is 0.242. The van der Waals surface area contributed by atoms with Gasteiger partial charge in [-0.2, -0.15) is 0 Å². The third-order valence-electron chi connectivity index (χ3n) is 13.9. The van der Waals surface area contributed by atoms with E-state index >= 15 is 0 Å². The average molecular weight is 981 g/mol. The van der Waals surface area contributed by atoms with Gasteiger partial charge in [-0.1, -0.05) is 224 Å². The fourth-order valence-electron chi connectivity index (χ4n) is 9.18. The second-order valence-electron chi connectivity index (χ2n) is 20.4. The van der Waals surface area contributed by atoms with E-state index in [-0.39, 0.29) is 12.8 Å². The molecule has 1 saturated heterocycles. The Hall–Kier alpha value is -1.67. The Balaban J connectivity index is 2.36. The van der Waals surface area contributed by atoms with E-state index in [1.54, 1.807) is 0 Å². The highest BCUT2D eigenvalue weighted by atomic mass is 16.7. The van der Waals surface area contributed by atoms with Gasteiger partial charge in [-0.25, -0.2) is 0 Å². The molecule has 1 heterocycles. The monoisotopic (exact) mass is 980 g/mol. The summed E-state index contributed by atoms with van der Waals surface area (Å²) in [4.78, 5) is 13.2. The molecule has 8 N–H and O–H groups in total. The van der Waals surface area contributed by atoms with Crippen LogP contribution >= 0.6 is 0 Å². The molecule has 0 aromatic carbocycles. The van der Waals surface area contributed by atoms with E-state index in [9.17, 15) is 40.5 Å². The number of allylic oxidation sites excluding steroid dienone is 6. The summed E-state index contributed by atoms with van der Waals surface area (Å²) in [5.74, 6) is -0.712. The number of amides is 1. The molecule has 406 valence electrons. The number of hydrogen-bond donors (Lipinski definition) is 8. The minimum Gasteiger partial charge on any atom is -0.394 e. The topological polar surface area (TPSA) is 189 Å². The molecule has 11 heteroatoms. The van der Waals surface area contributed by atoms with Crippen molar-refractivity contribution < 1.29 is 50.0 Å². The normalized spacial score (nSPS) is 20.6. The van der Waals surface area contributed by atoms with Crippen LogP contribution in [0.2, 0.25) is 0 Å². The third-order valence-corrected chi connectivity index (χ3v) is 13.9. The second-order valence-corrected chi connectivity index (χ2v) is 20.4. The number of aliphatic hydroxyl groups is 7. The smallest absolute Gasteiger partial charge is 0.249 e. The first-order valence-corrected chi connectivity index (χ1v) is 28.9. The third kappa shape index (κ3) is 36.0. The maximum atomic E-state index is 13.2. The summed E-state index contributed by atoms with van der Waals surface area (Å²) >= 11 is 0. The van der Waals surface area contributed by atoms with E-state index in [2.05, 4.69) is 55.6 Å². The van der Waals surface area contributed by atoms with E-state index < -0.39 is 74.2 Å². The first kappa shape index (κ1) is 65.3. The number of unbranched alkanes of at least 4 members (excludes halogenated alkanes) is 31. The van der Waals surface area contributed by atoms with Crippen LogP contribution in [-0.4, -0.2) is 110 Å². The summed E-state index contributed by atoms with van der Waals surface area (Å²) in [5, 5.41) is 76.1. The Morgan fingerprint density at radius 1 is 0.507 bits per heavy atom. The lowest BCUT2D eigenvalue weighted by Gasteiger charge is -2.40. The van der Waals surface area contributed by atoms with E-state index in [0.29, 0.717) is 12.8 Å². The Labute approximate surface area is 422 Å². The first-order chi connectivity index (χ1) is 33.7. The van der Waals surface area contributed by atoms with Crippen molar-refractivity contribution in [2.75, 3.05) is 13.2 Å². The lowest BCUT2D eigenvalue weighted by molar-refractivity contribution is -0.303. The van der Waals surface area contributed by atoms with Crippen LogP contribution in [0.25, 0.3) is 0 Å². The molecule has 9 unspecified atom stereocenters. The fourth-order valence-corrected chi connectivity index (χ4v) is 9.18. The van der Waals surface area contributed by atoms with E-state index in [4.69, 9.17) is 9.47 Å². The summed E-state index contributed by atoms with van der Waals surface area (Å²) in [6, 6.07) is -1.19. The molecule has 0 bridgehead atoms. The molecular formula is C58H109NO10.